The largest absolute Gasteiger partial charge is 0.325 e. The maximum atomic E-state index is 12.1. The fourth-order valence-electron chi connectivity index (χ4n) is 2.09. The van der Waals surface area contributed by atoms with E-state index in [2.05, 4.69) is 15.3 Å². The Morgan fingerprint density at radius 3 is 2.92 bits per heavy atom. The zero-order chi connectivity index (χ0) is 16.9. The van der Waals surface area contributed by atoms with E-state index in [0.717, 1.165) is 16.3 Å². The lowest BCUT2D eigenvalue weighted by atomic mass is 10.2. The lowest BCUT2D eigenvalue weighted by Gasteiger charge is -2.07. The Kier molecular flexibility index (Phi) is 5.45. The van der Waals surface area contributed by atoms with E-state index in [1.165, 1.54) is 0 Å². The van der Waals surface area contributed by atoms with E-state index in [9.17, 15) is 4.79 Å². The molecule has 0 saturated heterocycles. The molecule has 1 amide bonds. The van der Waals surface area contributed by atoms with Crippen molar-refractivity contribution in [3.8, 4) is 10.6 Å². The SMILES string of the molecule is O=C(CCc1csc(-c2cccnc2)n1)Nc1cc(Cl)ccc1Cl. The highest BCUT2D eigenvalue weighted by Gasteiger charge is 2.09. The second kappa shape index (κ2) is 7.75. The lowest BCUT2D eigenvalue weighted by Crippen LogP contribution is -2.12. The number of hydrogen-bond donors (Lipinski definition) is 1. The van der Waals surface area contributed by atoms with Crippen molar-refractivity contribution in [3.05, 3.63) is 63.8 Å². The molecule has 4 nitrogen and oxygen atoms in total. The number of nitrogens with zero attached hydrogens (tertiary/aromatic N) is 2. The Balaban J connectivity index is 1.59. The van der Waals surface area contributed by atoms with Crippen LogP contribution in [0.15, 0.2) is 48.1 Å². The molecular formula is C17H13Cl2N3OS. The van der Waals surface area contributed by atoms with Crippen molar-refractivity contribution >= 4 is 46.1 Å². The summed E-state index contributed by atoms with van der Waals surface area (Å²) in [7, 11) is 0. The summed E-state index contributed by atoms with van der Waals surface area (Å²) >= 11 is 13.5. The Hall–Kier alpha value is -1.95. The highest BCUT2D eigenvalue weighted by molar-refractivity contribution is 7.13. The first-order valence-electron chi connectivity index (χ1n) is 7.21. The van der Waals surface area contributed by atoms with Crippen molar-refractivity contribution in [2.24, 2.45) is 0 Å². The Bertz CT molecular complexity index is 852. The van der Waals surface area contributed by atoms with Gasteiger partial charge >= 0.3 is 0 Å². The third kappa shape index (κ3) is 4.32. The van der Waals surface area contributed by atoms with Crippen LogP contribution in [0.2, 0.25) is 10.0 Å². The number of halogens is 2. The van der Waals surface area contributed by atoms with Crippen LogP contribution < -0.4 is 5.32 Å². The molecule has 0 fully saturated rings. The van der Waals surface area contributed by atoms with Crippen LogP contribution in [0.4, 0.5) is 5.69 Å². The molecule has 0 unspecified atom stereocenters. The van der Waals surface area contributed by atoms with Gasteiger partial charge in [-0.15, -0.1) is 11.3 Å². The van der Waals surface area contributed by atoms with E-state index in [1.54, 1.807) is 41.9 Å². The quantitative estimate of drug-likeness (QED) is 0.673. The van der Waals surface area contributed by atoms with Gasteiger partial charge in [-0.3, -0.25) is 9.78 Å². The molecule has 1 aromatic carbocycles. The van der Waals surface area contributed by atoms with Crippen molar-refractivity contribution in [2.75, 3.05) is 5.32 Å². The first kappa shape index (κ1) is 16.9. The van der Waals surface area contributed by atoms with Crippen molar-refractivity contribution in [2.45, 2.75) is 12.8 Å². The number of amides is 1. The summed E-state index contributed by atoms with van der Waals surface area (Å²) in [6.45, 7) is 0. The molecule has 0 spiro atoms. The smallest absolute Gasteiger partial charge is 0.224 e. The van der Waals surface area contributed by atoms with Gasteiger partial charge in [0.15, 0.2) is 0 Å². The molecule has 0 aliphatic carbocycles. The van der Waals surface area contributed by atoms with E-state index in [-0.39, 0.29) is 5.91 Å². The van der Waals surface area contributed by atoms with Gasteiger partial charge in [-0.2, -0.15) is 0 Å². The summed E-state index contributed by atoms with van der Waals surface area (Å²) in [6, 6.07) is 8.79. The predicted octanol–water partition coefficient (Wildman–Crippen LogP) is 5.08. The van der Waals surface area contributed by atoms with Gasteiger partial charge in [0.2, 0.25) is 5.91 Å². The van der Waals surface area contributed by atoms with Gasteiger partial charge < -0.3 is 5.32 Å². The first-order valence-corrected chi connectivity index (χ1v) is 8.85. The molecule has 7 heteroatoms. The van der Waals surface area contributed by atoms with Crippen LogP contribution in [-0.2, 0) is 11.2 Å². The second-order valence-corrected chi connectivity index (χ2v) is 6.76. The molecule has 0 saturated carbocycles. The number of rotatable bonds is 5. The molecule has 3 aromatic rings. The molecule has 0 radical (unpaired) electrons. The standard InChI is InChI=1S/C17H13Cl2N3OS/c18-12-3-5-14(19)15(8-12)22-16(23)6-4-13-10-24-17(21-13)11-2-1-7-20-9-11/h1-3,5,7-10H,4,6H2,(H,22,23). The maximum absolute atomic E-state index is 12.1. The summed E-state index contributed by atoms with van der Waals surface area (Å²) in [5.74, 6) is -0.130. The summed E-state index contributed by atoms with van der Waals surface area (Å²) in [4.78, 5) is 20.7. The molecule has 0 aliphatic heterocycles. The molecule has 3 rings (SSSR count). The van der Waals surface area contributed by atoms with E-state index in [0.29, 0.717) is 28.6 Å². The van der Waals surface area contributed by atoms with Gasteiger partial charge in [-0.25, -0.2) is 4.98 Å². The van der Waals surface area contributed by atoms with Crippen molar-refractivity contribution in [3.63, 3.8) is 0 Å². The number of anilines is 1. The number of hydrogen-bond acceptors (Lipinski definition) is 4. The van der Waals surface area contributed by atoms with E-state index < -0.39 is 0 Å². The monoisotopic (exact) mass is 377 g/mol. The Morgan fingerprint density at radius 1 is 1.25 bits per heavy atom. The van der Waals surface area contributed by atoms with Crippen LogP contribution in [0.25, 0.3) is 10.6 Å². The zero-order valence-electron chi connectivity index (χ0n) is 12.5. The fraction of sp³-hybridized carbons (Fsp3) is 0.118. The van der Waals surface area contributed by atoms with Crippen molar-refractivity contribution in [1.29, 1.82) is 0 Å². The molecule has 0 atom stereocenters. The van der Waals surface area contributed by atoms with Crippen molar-refractivity contribution < 1.29 is 4.79 Å². The van der Waals surface area contributed by atoms with Crippen LogP contribution >= 0.6 is 34.5 Å². The van der Waals surface area contributed by atoms with E-state index in [1.807, 2.05) is 17.5 Å². The minimum absolute atomic E-state index is 0.130. The van der Waals surface area contributed by atoms with Gasteiger partial charge in [0.1, 0.15) is 5.01 Å². The topological polar surface area (TPSA) is 54.9 Å². The lowest BCUT2D eigenvalue weighted by molar-refractivity contribution is -0.116. The molecule has 2 heterocycles. The molecule has 1 N–H and O–H groups in total. The Morgan fingerprint density at radius 2 is 2.12 bits per heavy atom. The molecular weight excluding hydrogens is 365 g/mol. The average molecular weight is 378 g/mol. The summed E-state index contributed by atoms with van der Waals surface area (Å²) in [5, 5.41) is 6.61. The minimum Gasteiger partial charge on any atom is -0.325 e. The van der Waals surface area contributed by atoms with Gasteiger partial charge in [-0.05, 0) is 36.8 Å². The number of aromatic nitrogens is 2. The number of benzene rings is 1. The number of nitrogens with one attached hydrogen (secondary N) is 1. The molecule has 24 heavy (non-hydrogen) atoms. The van der Waals surface area contributed by atoms with Crippen LogP contribution in [0, 0.1) is 0 Å². The van der Waals surface area contributed by atoms with Gasteiger partial charge in [-0.1, -0.05) is 23.2 Å². The molecule has 0 bridgehead atoms. The molecule has 2 aromatic heterocycles. The van der Waals surface area contributed by atoms with Crippen molar-refractivity contribution in [1.82, 2.24) is 9.97 Å². The van der Waals surface area contributed by atoms with Crippen LogP contribution in [0.1, 0.15) is 12.1 Å². The van der Waals surface area contributed by atoms with Gasteiger partial charge in [0.25, 0.3) is 0 Å². The average Bonchev–Trinajstić information content (AvgIpc) is 3.06. The van der Waals surface area contributed by atoms with Crippen LogP contribution in [0.5, 0.6) is 0 Å². The minimum atomic E-state index is -0.130. The zero-order valence-corrected chi connectivity index (χ0v) is 14.8. The number of pyridine rings is 1. The molecule has 122 valence electrons. The van der Waals surface area contributed by atoms with Gasteiger partial charge in [0, 0.05) is 34.8 Å². The summed E-state index contributed by atoms with van der Waals surface area (Å²) in [5.41, 5.74) is 2.37. The number of aryl methyl sites for hydroxylation is 1. The van der Waals surface area contributed by atoms with Crippen LogP contribution in [-0.4, -0.2) is 15.9 Å². The highest BCUT2D eigenvalue weighted by Crippen LogP contribution is 2.26. The van der Waals surface area contributed by atoms with E-state index in [4.69, 9.17) is 23.2 Å². The maximum Gasteiger partial charge on any atom is 0.224 e. The normalized spacial score (nSPS) is 10.6. The van der Waals surface area contributed by atoms with Gasteiger partial charge in [0.05, 0.1) is 16.4 Å². The number of carbonyl (C=O) groups excluding carboxylic acids is 1. The molecule has 0 aliphatic rings. The fourth-order valence-corrected chi connectivity index (χ4v) is 3.27. The summed E-state index contributed by atoms with van der Waals surface area (Å²) < 4.78 is 0. The van der Waals surface area contributed by atoms with E-state index >= 15 is 0 Å². The first-order chi connectivity index (χ1) is 11.6. The number of carbonyl (C=O) groups is 1. The third-order valence-electron chi connectivity index (χ3n) is 3.27. The second-order valence-electron chi connectivity index (χ2n) is 5.06. The Labute approximate surface area is 153 Å². The highest BCUT2D eigenvalue weighted by atomic mass is 35.5. The third-order valence-corrected chi connectivity index (χ3v) is 4.78. The van der Waals surface area contributed by atoms with Crippen LogP contribution in [0.3, 0.4) is 0 Å². The summed E-state index contributed by atoms with van der Waals surface area (Å²) in [6.07, 6.45) is 4.37. The predicted molar refractivity (Wildman–Crippen MR) is 98.8 cm³/mol. The number of thiazole rings is 1.